The molecule has 134 valence electrons. The molecule has 8 N–H and O–H groups in total. The molecule has 8 heteroatoms. The Hall–Kier alpha value is 0.600. The van der Waals surface area contributed by atoms with E-state index in [1.807, 2.05) is 0 Å². The van der Waals surface area contributed by atoms with E-state index in [4.69, 9.17) is 22.3 Å². The molecule has 4 nitrogen and oxygen atoms in total. The van der Waals surface area contributed by atoms with Crippen molar-refractivity contribution >= 4 is 33.9 Å². The van der Waals surface area contributed by atoms with Crippen molar-refractivity contribution < 1.29 is 44.8 Å². The molecule has 0 rings (SSSR count). The lowest BCUT2D eigenvalue weighted by Gasteiger charge is -2.02. The summed E-state index contributed by atoms with van der Waals surface area (Å²) in [6.07, 6.45) is 13.2. The summed E-state index contributed by atoms with van der Waals surface area (Å²) in [5, 5.41) is 11.8. The monoisotopic (exact) mass is 478 g/mol. The third kappa shape index (κ3) is 25.5. The predicted molar refractivity (Wildman–Crippen MR) is 93.3 cm³/mol. The lowest BCUT2D eigenvalue weighted by atomic mass is 10.1. The van der Waals surface area contributed by atoms with Crippen LogP contribution in [0.1, 0.15) is 64.2 Å². The summed E-state index contributed by atoms with van der Waals surface area (Å²) in [6, 6.07) is 0. The maximum Gasteiger partial charge on any atom is 0.299 e. The lowest BCUT2D eigenvalue weighted by Crippen LogP contribution is -3.00. The van der Waals surface area contributed by atoms with Crippen molar-refractivity contribution in [3.63, 3.8) is 0 Å². The van der Waals surface area contributed by atoms with Crippen LogP contribution >= 0.6 is 23.5 Å². The second kappa shape index (κ2) is 21.6. The Morgan fingerprint density at radius 2 is 0.773 bits per heavy atom. The van der Waals surface area contributed by atoms with E-state index in [1.165, 1.54) is 64.2 Å². The van der Waals surface area contributed by atoms with Crippen LogP contribution in [0.4, 0.5) is 0 Å². The Kier molecular flexibility index (Phi) is 26.9. The standard InChI is InChI=1S/C14H30N4S2.2BrH/c15-13(16)19-11-9-7-5-3-1-2-4-6-8-10-12-20-14(17)18;;/h1-12H2,(H3,15,16)(H3,17,18);2*1H. The molecule has 0 saturated carbocycles. The van der Waals surface area contributed by atoms with Crippen molar-refractivity contribution in [3.8, 4) is 0 Å². The fourth-order valence-electron chi connectivity index (χ4n) is 2.00. The highest BCUT2D eigenvalue weighted by atomic mass is 79.9. The fraction of sp³-hybridized carbons (Fsp3) is 0.857. The van der Waals surface area contributed by atoms with Gasteiger partial charge in [-0.2, -0.15) is 0 Å². The van der Waals surface area contributed by atoms with Gasteiger partial charge in [-0.3, -0.25) is 22.3 Å². The minimum Gasteiger partial charge on any atom is -1.00 e. The van der Waals surface area contributed by atoms with Gasteiger partial charge in [0.2, 0.25) is 0 Å². The SMILES string of the molecule is NC(=[NH2+])SCCCCCCCCCCCCSC(N)=[NH2+].[Br-].[Br-]. The van der Waals surface area contributed by atoms with Crippen molar-refractivity contribution in [1.82, 2.24) is 0 Å². The molecule has 0 saturated heterocycles. The van der Waals surface area contributed by atoms with E-state index in [0.717, 1.165) is 11.5 Å². The second-order valence-corrected chi connectivity index (χ2v) is 7.37. The summed E-state index contributed by atoms with van der Waals surface area (Å²) in [6.45, 7) is 0. The van der Waals surface area contributed by atoms with Crippen LogP contribution in [0.25, 0.3) is 0 Å². The number of rotatable bonds is 13. The first-order valence-electron chi connectivity index (χ1n) is 7.64. The van der Waals surface area contributed by atoms with E-state index in [9.17, 15) is 0 Å². The third-order valence-corrected chi connectivity index (χ3v) is 4.73. The van der Waals surface area contributed by atoms with Crippen LogP contribution in [0.2, 0.25) is 0 Å². The van der Waals surface area contributed by atoms with Gasteiger partial charge in [-0.05, 0) is 36.4 Å². The molecule has 0 aromatic rings. The average molecular weight is 480 g/mol. The molecule has 0 amide bonds. The highest BCUT2D eigenvalue weighted by Gasteiger charge is 1.98. The summed E-state index contributed by atoms with van der Waals surface area (Å²) in [4.78, 5) is 0. The van der Waals surface area contributed by atoms with E-state index >= 15 is 0 Å². The Bertz CT molecular complexity index is 243. The van der Waals surface area contributed by atoms with Crippen molar-refractivity contribution in [1.29, 1.82) is 0 Å². The maximum atomic E-state index is 5.39. The zero-order valence-corrected chi connectivity index (χ0v) is 18.2. The first kappa shape index (κ1) is 27.4. The number of halogens is 2. The highest BCUT2D eigenvalue weighted by Crippen LogP contribution is 2.12. The van der Waals surface area contributed by atoms with Crippen LogP contribution in [0.5, 0.6) is 0 Å². The molecule has 0 fully saturated rings. The zero-order valence-electron chi connectivity index (χ0n) is 13.4. The molecule has 0 aromatic carbocycles. The number of unbranched alkanes of at least 4 members (excludes halogenated alkanes) is 9. The smallest absolute Gasteiger partial charge is 0.299 e. The number of nitrogens with two attached hydrogens (primary N) is 4. The van der Waals surface area contributed by atoms with Gasteiger partial charge < -0.3 is 34.0 Å². The topological polar surface area (TPSA) is 103 Å². The van der Waals surface area contributed by atoms with Gasteiger partial charge in [0.15, 0.2) is 0 Å². The highest BCUT2D eigenvalue weighted by molar-refractivity contribution is 8.13. The number of thioether (sulfide) groups is 2. The Balaban J connectivity index is -0.00000180. The molecule has 0 atom stereocenters. The van der Waals surface area contributed by atoms with Gasteiger partial charge >= 0.3 is 0 Å². The Morgan fingerprint density at radius 1 is 0.545 bits per heavy atom. The van der Waals surface area contributed by atoms with Gasteiger partial charge in [0.1, 0.15) is 0 Å². The number of hydrogen-bond donors (Lipinski definition) is 4. The van der Waals surface area contributed by atoms with Gasteiger partial charge in [0.05, 0.1) is 0 Å². The van der Waals surface area contributed by atoms with Crippen LogP contribution in [0.15, 0.2) is 0 Å². The van der Waals surface area contributed by atoms with Gasteiger partial charge in [-0.15, -0.1) is 0 Å². The first-order chi connectivity index (χ1) is 9.63. The normalized spacial score (nSPS) is 9.64. The molecule has 0 radical (unpaired) electrons. The van der Waals surface area contributed by atoms with Crippen molar-refractivity contribution in [2.24, 2.45) is 11.5 Å². The van der Waals surface area contributed by atoms with Crippen LogP contribution in [-0.2, 0) is 0 Å². The average Bonchev–Trinajstić information content (AvgIpc) is 2.38. The van der Waals surface area contributed by atoms with Crippen molar-refractivity contribution in [2.45, 2.75) is 64.2 Å². The summed E-state index contributed by atoms with van der Waals surface area (Å²) >= 11 is 3.14. The van der Waals surface area contributed by atoms with Gasteiger partial charge in [0.25, 0.3) is 10.3 Å². The van der Waals surface area contributed by atoms with Gasteiger partial charge in [-0.25, -0.2) is 0 Å². The summed E-state index contributed by atoms with van der Waals surface area (Å²) in [7, 11) is 0. The van der Waals surface area contributed by atoms with Crippen LogP contribution in [0.3, 0.4) is 0 Å². The number of amidine groups is 2. The molecular weight excluding hydrogens is 448 g/mol. The summed E-state index contributed by atoms with van der Waals surface area (Å²) < 4.78 is 0. The fourth-order valence-corrected chi connectivity index (χ4v) is 3.17. The first-order valence-corrected chi connectivity index (χ1v) is 9.61. The minimum atomic E-state index is 0. The van der Waals surface area contributed by atoms with Crippen molar-refractivity contribution in [2.75, 3.05) is 11.5 Å². The van der Waals surface area contributed by atoms with E-state index < -0.39 is 0 Å². The summed E-state index contributed by atoms with van der Waals surface area (Å²) in [5.41, 5.74) is 10.8. The third-order valence-electron chi connectivity index (χ3n) is 3.08. The summed E-state index contributed by atoms with van der Waals surface area (Å²) in [5.74, 6) is 2.12. The predicted octanol–water partition coefficient (Wildman–Crippen LogP) is -5.49. The largest absolute Gasteiger partial charge is 1.00 e. The number of hydrogen-bond acceptors (Lipinski definition) is 2. The van der Waals surface area contributed by atoms with Crippen LogP contribution < -0.4 is 56.2 Å². The molecule has 0 heterocycles. The molecule has 0 aliphatic rings. The molecule has 0 aliphatic heterocycles. The molecule has 0 spiro atoms. The minimum absolute atomic E-state index is 0. The van der Waals surface area contributed by atoms with Gasteiger partial charge in [0, 0.05) is 11.5 Å². The maximum absolute atomic E-state index is 5.39. The quantitative estimate of drug-likeness (QED) is 0.120. The van der Waals surface area contributed by atoms with Crippen LogP contribution in [0, 0.1) is 0 Å². The Morgan fingerprint density at radius 3 is 1.00 bits per heavy atom. The van der Waals surface area contributed by atoms with Crippen molar-refractivity contribution in [3.05, 3.63) is 0 Å². The van der Waals surface area contributed by atoms with E-state index in [0.29, 0.717) is 10.3 Å². The Labute approximate surface area is 165 Å². The van der Waals surface area contributed by atoms with Crippen LogP contribution in [-0.4, -0.2) is 21.8 Å². The van der Waals surface area contributed by atoms with E-state index in [-0.39, 0.29) is 34.0 Å². The zero-order chi connectivity index (χ0) is 15.1. The molecule has 0 unspecified atom stereocenters. The van der Waals surface area contributed by atoms with Gasteiger partial charge in [-0.1, -0.05) is 51.4 Å². The molecular formula is C14H32Br2N4S2. The molecule has 0 aliphatic carbocycles. The second-order valence-electron chi connectivity index (χ2n) is 5.04. The van der Waals surface area contributed by atoms with E-state index in [2.05, 4.69) is 0 Å². The van der Waals surface area contributed by atoms with E-state index in [1.54, 1.807) is 23.5 Å². The molecule has 0 bridgehead atoms. The molecule has 22 heavy (non-hydrogen) atoms. The molecule has 0 aromatic heterocycles. The lowest BCUT2D eigenvalue weighted by molar-refractivity contribution is -0.110.